The first-order valence-electron chi connectivity index (χ1n) is 5.47. The Balaban J connectivity index is 3.67. The summed E-state index contributed by atoms with van der Waals surface area (Å²) in [6, 6.07) is 0. The second-order valence-electron chi connectivity index (χ2n) is 3.60. The Kier molecular flexibility index (Phi) is 7.90. The largest absolute Gasteiger partial charge is 0.481 e. The molecule has 0 spiro atoms. The van der Waals surface area contributed by atoms with Crippen molar-refractivity contribution in [3.05, 3.63) is 0 Å². The molecule has 0 heterocycles. The number of carbonyl (C=O) groups is 1. The molecule has 1 unspecified atom stereocenters. The summed E-state index contributed by atoms with van der Waals surface area (Å²) in [4.78, 5) is 10.4. The second kappa shape index (κ2) is 8.30. The van der Waals surface area contributed by atoms with Gasteiger partial charge in [-0.15, -0.1) is 0 Å². The Labute approximate surface area is 98.1 Å². The molecule has 0 aromatic carbocycles. The lowest BCUT2D eigenvalue weighted by molar-refractivity contribution is -0.192. The van der Waals surface area contributed by atoms with Crippen LogP contribution in [0.3, 0.4) is 0 Å². The van der Waals surface area contributed by atoms with Crippen LogP contribution in [0.2, 0.25) is 0 Å². The van der Waals surface area contributed by atoms with Crippen LogP contribution in [0, 0.1) is 5.92 Å². The molecular formula is C10H18F3NO3. The summed E-state index contributed by atoms with van der Waals surface area (Å²) in [7, 11) is 0. The molecule has 0 aliphatic rings. The number of carboxylic acid groups (broad SMARTS) is 1. The first kappa shape index (κ1) is 16.2. The average Bonchev–Trinajstić information content (AvgIpc) is 2.19. The van der Waals surface area contributed by atoms with E-state index in [0.29, 0.717) is 6.61 Å². The van der Waals surface area contributed by atoms with E-state index in [0.717, 1.165) is 12.8 Å². The molecule has 0 radical (unpaired) electrons. The molecule has 1 atom stereocenters. The molecule has 4 nitrogen and oxygen atoms in total. The third-order valence-electron chi connectivity index (χ3n) is 2.11. The van der Waals surface area contributed by atoms with Crippen molar-refractivity contribution < 1.29 is 27.8 Å². The standard InChI is InChI=1S/C10H18F3NO3/c1-2-3-5-17-6-4-14-7-8(9(15)16)10(11,12)13/h8,14H,2-7H2,1H3,(H,15,16). The molecule has 0 aromatic rings. The van der Waals surface area contributed by atoms with E-state index >= 15 is 0 Å². The van der Waals surface area contributed by atoms with E-state index in [-0.39, 0.29) is 13.2 Å². The quantitative estimate of drug-likeness (QED) is 0.617. The predicted molar refractivity (Wildman–Crippen MR) is 55.8 cm³/mol. The van der Waals surface area contributed by atoms with Crippen LogP contribution < -0.4 is 5.32 Å². The number of alkyl halides is 3. The highest BCUT2D eigenvalue weighted by molar-refractivity contribution is 5.71. The zero-order chi connectivity index (χ0) is 13.3. The molecule has 0 aromatic heterocycles. The van der Waals surface area contributed by atoms with E-state index in [1.54, 1.807) is 0 Å². The second-order valence-corrected chi connectivity index (χ2v) is 3.60. The first-order chi connectivity index (χ1) is 7.89. The summed E-state index contributed by atoms with van der Waals surface area (Å²) in [6.45, 7) is 2.44. The Morgan fingerprint density at radius 1 is 1.41 bits per heavy atom. The fourth-order valence-electron chi connectivity index (χ4n) is 1.08. The van der Waals surface area contributed by atoms with Crippen LogP contribution in [-0.2, 0) is 9.53 Å². The molecule has 0 bridgehead atoms. The van der Waals surface area contributed by atoms with Crippen molar-refractivity contribution in [2.24, 2.45) is 5.92 Å². The van der Waals surface area contributed by atoms with Crippen molar-refractivity contribution in [1.29, 1.82) is 0 Å². The number of nitrogens with one attached hydrogen (secondary N) is 1. The molecular weight excluding hydrogens is 239 g/mol. The summed E-state index contributed by atoms with van der Waals surface area (Å²) >= 11 is 0. The number of rotatable bonds is 9. The van der Waals surface area contributed by atoms with Crippen molar-refractivity contribution in [2.45, 2.75) is 25.9 Å². The van der Waals surface area contributed by atoms with Crippen molar-refractivity contribution in [3.63, 3.8) is 0 Å². The van der Waals surface area contributed by atoms with Crippen LogP contribution in [0.1, 0.15) is 19.8 Å². The third kappa shape index (κ3) is 7.98. The van der Waals surface area contributed by atoms with Gasteiger partial charge in [0.2, 0.25) is 0 Å². The highest BCUT2D eigenvalue weighted by Gasteiger charge is 2.44. The van der Waals surface area contributed by atoms with Gasteiger partial charge in [0.25, 0.3) is 0 Å². The number of carboxylic acids is 1. The molecule has 0 amide bonds. The zero-order valence-electron chi connectivity index (χ0n) is 9.72. The van der Waals surface area contributed by atoms with E-state index < -0.39 is 24.6 Å². The lowest BCUT2D eigenvalue weighted by atomic mass is 10.1. The SMILES string of the molecule is CCCCOCCNCC(C(=O)O)C(F)(F)F. The van der Waals surface area contributed by atoms with Crippen molar-refractivity contribution in [3.8, 4) is 0 Å². The third-order valence-corrected chi connectivity index (χ3v) is 2.11. The molecule has 2 N–H and O–H groups in total. The number of hydrogen-bond acceptors (Lipinski definition) is 3. The molecule has 0 rings (SSSR count). The lowest BCUT2D eigenvalue weighted by Gasteiger charge is -2.16. The Hall–Kier alpha value is -0.820. The number of unbranched alkanes of at least 4 members (excludes halogenated alkanes) is 1. The Bertz CT molecular complexity index is 221. The van der Waals surface area contributed by atoms with Gasteiger partial charge < -0.3 is 15.2 Å². The number of hydrogen-bond donors (Lipinski definition) is 2. The number of aliphatic carboxylic acids is 1. The van der Waals surface area contributed by atoms with Gasteiger partial charge in [0.05, 0.1) is 6.61 Å². The van der Waals surface area contributed by atoms with Crippen molar-refractivity contribution in [2.75, 3.05) is 26.3 Å². The highest BCUT2D eigenvalue weighted by Crippen LogP contribution is 2.25. The van der Waals surface area contributed by atoms with Crippen LogP contribution in [0.25, 0.3) is 0 Å². The van der Waals surface area contributed by atoms with Gasteiger partial charge in [0.15, 0.2) is 5.92 Å². The summed E-state index contributed by atoms with van der Waals surface area (Å²) < 4.78 is 41.7. The number of halogens is 3. The van der Waals surface area contributed by atoms with E-state index in [1.807, 2.05) is 6.92 Å². The maximum absolute atomic E-state index is 12.2. The monoisotopic (exact) mass is 257 g/mol. The lowest BCUT2D eigenvalue weighted by Crippen LogP contribution is -2.40. The molecule has 0 aliphatic carbocycles. The van der Waals surface area contributed by atoms with Gasteiger partial charge >= 0.3 is 12.1 Å². The van der Waals surface area contributed by atoms with Crippen LogP contribution in [-0.4, -0.2) is 43.6 Å². The van der Waals surface area contributed by atoms with Crippen molar-refractivity contribution >= 4 is 5.97 Å². The topological polar surface area (TPSA) is 58.6 Å². The van der Waals surface area contributed by atoms with Gasteiger partial charge in [0.1, 0.15) is 0 Å². The van der Waals surface area contributed by atoms with Crippen molar-refractivity contribution in [1.82, 2.24) is 5.32 Å². The molecule has 0 saturated heterocycles. The van der Waals surface area contributed by atoms with E-state index in [1.165, 1.54) is 0 Å². The minimum Gasteiger partial charge on any atom is -0.481 e. The van der Waals surface area contributed by atoms with E-state index in [9.17, 15) is 18.0 Å². The van der Waals surface area contributed by atoms with Crippen LogP contribution in [0.15, 0.2) is 0 Å². The fraction of sp³-hybridized carbons (Fsp3) is 0.900. The van der Waals surface area contributed by atoms with E-state index in [4.69, 9.17) is 9.84 Å². The highest BCUT2D eigenvalue weighted by atomic mass is 19.4. The molecule has 102 valence electrons. The van der Waals surface area contributed by atoms with Crippen LogP contribution >= 0.6 is 0 Å². The summed E-state index contributed by atoms with van der Waals surface area (Å²) in [5.74, 6) is -4.23. The molecule has 0 fully saturated rings. The van der Waals surface area contributed by atoms with Gasteiger partial charge in [-0.2, -0.15) is 13.2 Å². The van der Waals surface area contributed by atoms with Gasteiger partial charge in [-0.25, -0.2) is 0 Å². The normalized spacial score (nSPS) is 13.6. The predicted octanol–water partition coefficient (Wildman–Crippen LogP) is 1.66. The molecule has 0 aliphatic heterocycles. The first-order valence-corrected chi connectivity index (χ1v) is 5.47. The fourth-order valence-corrected chi connectivity index (χ4v) is 1.08. The minimum absolute atomic E-state index is 0.212. The van der Waals surface area contributed by atoms with Gasteiger partial charge in [-0.3, -0.25) is 4.79 Å². The zero-order valence-corrected chi connectivity index (χ0v) is 9.72. The maximum atomic E-state index is 12.2. The molecule has 7 heteroatoms. The molecule has 0 saturated carbocycles. The van der Waals surface area contributed by atoms with E-state index in [2.05, 4.69) is 5.32 Å². The smallest absolute Gasteiger partial charge is 0.403 e. The summed E-state index contributed by atoms with van der Waals surface area (Å²) in [5, 5.41) is 10.8. The summed E-state index contributed by atoms with van der Waals surface area (Å²) in [6.07, 6.45) is -2.83. The molecule has 17 heavy (non-hydrogen) atoms. The Morgan fingerprint density at radius 3 is 2.53 bits per heavy atom. The summed E-state index contributed by atoms with van der Waals surface area (Å²) in [5.41, 5.74) is 0. The Morgan fingerprint density at radius 2 is 2.06 bits per heavy atom. The maximum Gasteiger partial charge on any atom is 0.403 e. The van der Waals surface area contributed by atoms with Crippen LogP contribution in [0.5, 0.6) is 0 Å². The number of ether oxygens (including phenoxy) is 1. The van der Waals surface area contributed by atoms with Gasteiger partial charge in [-0.05, 0) is 6.42 Å². The minimum atomic E-state index is -4.72. The van der Waals surface area contributed by atoms with Gasteiger partial charge in [0, 0.05) is 19.7 Å². The van der Waals surface area contributed by atoms with Gasteiger partial charge in [-0.1, -0.05) is 13.3 Å². The van der Waals surface area contributed by atoms with Crippen LogP contribution in [0.4, 0.5) is 13.2 Å². The average molecular weight is 257 g/mol.